The van der Waals surface area contributed by atoms with Crippen molar-refractivity contribution in [2.45, 2.75) is 71.9 Å². The molecule has 5 heteroatoms. The van der Waals surface area contributed by atoms with Gasteiger partial charge < -0.3 is 9.80 Å². The van der Waals surface area contributed by atoms with Crippen LogP contribution in [0.5, 0.6) is 0 Å². The van der Waals surface area contributed by atoms with Crippen molar-refractivity contribution in [3.8, 4) is 0 Å². The normalized spacial score (nSPS) is 17.4. The van der Waals surface area contributed by atoms with Crippen molar-refractivity contribution in [3.05, 3.63) is 57.3 Å². The van der Waals surface area contributed by atoms with Gasteiger partial charge in [0.05, 0.1) is 6.04 Å². The lowest BCUT2D eigenvalue weighted by Gasteiger charge is -2.38. The number of thiophene rings is 1. The SMILES string of the molecule is CC[C@H](C)N(CC(=O)N1CCc2sccc2[C@H]1c1ccc(C(C)(C)C)cc1)C(C)=O. The third-order valence-corrected chi connectivity index (χ3v) is 7.21. The number of rotatable bonds is 5. The van der Waals surface area contributed by atoms with Gasteiger partial charge in [0.25, 0.3) is 0 Å². The van der Waals surface area contributed by atoms with E-state index in [1.165, 1.54) is 16.0 Å². The second-order valence-electron chi connectivity index (χ2n) is 9.31. The van der Waals surface area contributed by atoms with E-state index >= 15 is 0 Å². The molecule has 1 aromatic carbocycles. The number of carbonyl (C=O) groups is 2. The fourth-order valence-corrected chi connectivity index (χ4v) is 5.05. The van der Waals surface area contributed by atoms with Crippen LogP contribution in [0.1, 0.15) is 75.6 Å². The number of nitrogens with zero attached hydrogens (tertiary/aromatic N) is 2. The molecular formula is C25H34N2O2S. The van der Waals surface area contributed by atoms with Crippen LogP contribution < -0.4 is 0 Å². The first-order valence-electron chi connectivity index (χ1n) is 10.9. The molecule has 4 nitrogen and oxygen atoms in total. The number of carbonyl (C=O) groups excluding carboxylic acids is 2. The number of hydrogen-bond acceptors (Lipinski definition) is 3. The van der Waals surface area contributed by atoms with Gasteiger partial charge in [-0.05, 0) is 53.3 Å². The molecule has 0 bridgehead atoms. The molecule has 0 unspecified atom stereocenters. The lowest BCUT2D eigenvalue weighted by atomic mass is 9.85. The van der Waals surface area contributed by atoms with E-state index < -0.39 is 0 Å². The van der Waals surface area contributed by atoms with Crippen LogP contribution in [0.25, 0.3) is 0 Å². The first kappa shape index (κ1) is 22.5. The highest BCUT2D eigenvalue weighted by atomic mass is 32.1. The van der Waals surface area contributed by atoms with Gasteiger partial charge in [0.2, 0.25) is 11.8 Å². The molecule has 30 heavy (non-hydrogen) atoms. The van der Waals surface area contributed by atoms with Gasteiger partial charge in [-0.3, -0.25) is 9.59 Å². The zero-order valence-electron chi connectivity index (χ0n) is 19.1. The van der Waals surface area contributed by atoms with Crippen molar-refractivity contribution in [2.24, 2.45) is 0 Å². The van der Waals surface area contributed by atoms with E-state index in [1.54, 1.807) is 23.2 Å². The molecule has 0 saturated carbocycles. The maximum Gasteiger partial charge on any atom is 0.243 e. The summed E-state index contributed by atoms with van der Waals surface area (Å²) in [6.07, 6.45) is 1.71. The Kier molecular flexibility index (Phi) is 6.71. The molecule has 0 spiro atoms. The van der Waals surface area contributed by atoms with Gasteiger partial charge in [-0.2, -0.15) is 0 Å². The fourth-order valence-electron chi connectivity index (χ4n) is 4.14. The number of fused-ring (bicyclic) bond motifs is 1. The van der Waals surface area contributed by atoms with Crippen molar-refractivity contribution in [1.29, 1.82) is 0 Å². The monoisotopic (exact) mass is 426 g/mol. The van der Waals surface area contributed by atoms with Crippen LogP contribution >= 0.6 is 11.3 Å². The first-order valence-corrected chi connectivity index (χ1v) is 11.7. The Hall–Kier alpha value is -2.14. The van der Waals surface area contributed by atoms with Crippen LogP contribution in [0.3, 0.4) is 0 Å². The smallest absolute Gasteiger partial charge is 0.243 e. The summed E-state index contributed by atoms with van der Waals surface area (Å²) in [5.41, 5.74) is 3.73. The average Bonchev–Trinajstić information content (AvgIpc) is 3.18. The molecule has 0 saturated heterocycles. The van der Waals surface area contributed by atoms with E-state index in [9.17, 15) is 9.59 Å². The molecule has 1 aliphatic heterocycles. The van der Waals surface area contributed by atoms with E-state index in [2.05, 4.69) is 56.5 Å². The van der Waals surface area contributed by atoms with Gasteiger partial charge in [-0.25, -0.2) is 0 Å². The molecule has 162 valence electrons. The van der Waals surface area contributed by atoms with Gasteiger partial charge >= 0.3 is 0 Å². The van der Waals surface area contributed by atoms with Crippen molar-refractivity contribution < 1.29 is 9.59 Å². The Morgan fingerprint density at radius 3 is 2.43 bits per heavy atom. The fraction of sp³-hybridized carbons (Fsp3) is 0.520. The third kappa shape index (κ3) is 4.61. The molecule has 2 heterocycles. The summed E-state index contributed by atoms with van der Waals surface area (Å²) in [4.78, 5) is 30.6. The molecular weight excluding hydrogens is 392 g/mol. The van der Waals surface area contributed by atoms with E-state index in [4.69, 9.17) is 0 Å². The van der Waals surface area contributed by atoms with Gasteiger partial charge in [0.1, 0.15) is 6.54 Å². The predicted octanol–water partition coefficient (Wildman–Crippen LogP) is 5.17. The predicted molar refractivity (Wildman–Crippen MR) is 124 cm³/mol. The zero-order valence-corrected chi connectivity index (χ0v) is 19.9. The Labute approximate surface area is 184 Å². The molecule has 1 aromatic heterocycles. The molecule has 0 fully saturated rings. The van der Waals surface area contributed by atoms with Gasteiger partial charge in [0, 0.05) is 24.4 Å². The highest BCUT2D eigenvalue weighted by molar-refractivity contribution is 7.10. The molecule has 2 amide bonds. The average molecular weight is 427 g/mol. The number of hydrogen-bond donors (Lipinski definition) is 0. The molecule has 0 radical (unpaired) electrons. The van der Waals surface area contributed by atoms with Crippen LogP contribution in [-0.4, -0.2) is 40.7 Å². The van der Waals surface area contributed by atoms with Crippen molar-refractivity contribution >= 4 is 23.2 Å². The summed E-state index contributed by atoms with van der Waals surface area (Å²) >= 11 is 1.77. The summed E-state index contributed by atoms with van der Waals surface area (Å²) in [5, 5.41) is 2.12. The third-order valence-electron chi connectivity index (χ3n) is 6.21. The lowest BCUT2D eigenvalue weighted by molar-refractivity contribution is -0.142. The van der Waals surface area contributed by atoms with Crippen LogP contribution in [0.4, 0.5) is 0 Å². The number of benzene rings is 1. The topological polar surface area (TPSA) is 40.6 Å². The second kappa shape index (κ2) is 8.93. The standard InChI is InChI=1S/C25H34N2O2S/c1-7-17(2)27(18(3)28)16-23(29)26-14-12-22-21(13-15-30-22)24(26)19-8-10-20(11-9-19)25(4,5)6/h8-11,13,15,17,24H,7,12,14,16H2,1-6H3/t17-,24+/m0/s1. The molecule has 0 N–H and O–H groups in total. The van der Waals surface area contributed by atoms with Crippen LogP contribution in [-0.2, 0) is 21.4 Å². The lowest BCUT2D eigenvalue weighted by Crippen LogP contribution is -2.48. The minimum Gasteiger partial charge on any atom is -0.331 e. The minimum atomic E-state index is -0.0905. The molecule has 0 aliphatic carbocycles. The second-order valence-corrected chi connectivity index (χ2v) is 10.3. The molecule has 3 rings (SSSR count). The summed E-state index contributed by atoms with van der Waals surface area (Å²) in [5.74, 6) is -0.0238. The van der Waals surface area contributed by atoms with Crippen LogP contribution in [0, 0.1) is 0 Å². The van der Waals surface area contributed by atoms with Crippen LogP contribution in [0.15, 0.2) is 35.7 Å². The van der Waals surface area contributed by atoms with E-state index in [-0.39, 0.29) is 35.9 Å². The quantitative estimate of drug-likeness (QED) is 0.662. The minimum absolute atomic E-state index is 0.0206. The summed E-state index contributed by atoms with van der Waals surface area (Å²) in [6, 6.07) is 10.8. The molecule has 1 aliphatic rings. The van der Waals surface area contributed by atoms with E-state index in [1.807, 2.05) is 18.7 Å². The van der Waals surface area contributed by atoms with Gasteiger partial charge in [-0.1, -0.05) is 52.0 Å². The highest BCUT2D eigenvalue weighted by Gasteiger charge is 2.34. The number of amides is 2. The maximum absolute atomic E-state index is 13.4. The van der Waals surface area contributed by atoms with Crippen molar-refractivity contribution in [3.63, 3.8) is 0 Å². The Bertz CT molecular complexity index is 895. The first-order chi connectivity index (χ1) is 14.1. The molecule has 2 atom stereocenters. The summed E-state index contributed by atoms with van der Waals surface area (Å²) < 4.78 is 0. The maximum atomic E-state index is 13.4. The van der Waals surface area contributed by atoms with Crippen LogP contribution in [0.2, 0.25) is 0 Å². The Morgan fingerprint density at radius 1 is 1.20 bits per heavy atom. The Morgan fingerprint density at radius 2 is 1.87 bits per heavy atom. The van der Waals surface area contributed by atoms with Gasteiger partial charge in [0.15, 0.2) is 0 Å². The van der Waals surface area contributed by atoms with Crippen molar-refractivity contribution in [1.82, 2.24) is 9.80 Å². The van der Waals surface area contributed by atoms with Crippen molar-refractivity contribution in [2.75, 3.05) is 13.1 Å². The molecule has 2 aromatic rings. The van der Waals surface area contributed by atoms with E-state index in [0.29, 0.717) is 6.54 Å². The highest BCUT2D eigenvalue weighted by Crippen LogP contribution is 2.38. The van der Waals surface area contributed by atoms with Gasteiger partial charge in [-0.15, -0.1) is 11.3 Å². The van der Waals surface area contributed by atoms with E-state index in [0.717, 1.165) is 18.4 Å². The largest absolute Gasteiger partial charge is 0.331 e. The summed E-state index contributed by atoms with van der Waals surface area (Å²) in [6.45, 7) is 13.1. The Balaban J connectivity index is 1.93. The summed E-state index contributed by atoms with van der Waals surface area (Å²) in [7, 11) is 0. The zero-order chi connectivity index (χ0) is 22.1.